The highest BCUT2D eigenvalue weighted by Crippen LogP contribution is 2.18. The maximum atomic E-state index is 12.1. The third-order valence-corrected chi connectivity index (χ3v) is 4.47. The Balaban J connectivity index is 1.47. The predicted octanol–water partition coefficient (Wildman–Crippen LogP) is 3.73. The molecule has 134 valence electrons. The second-order valence-electron chi connectivity index (χ2n) is 5.82. The molecule has 3 rings (SSSR count). The van der Waals surface area contributed by atoms with E-state index in [1.807, 2.05) is 62.4 Å². The molecule has 2 N–H and O–H groups in total. The van der Waals surface area contributed by atoms with Crippen LogP contribution in [0.3, 0.4) is 0 Å². The molecule has 1 heterocycles. The number of thioether (sulfide) groups is 1. The second kappa shape index (κ2) is 8.53. The minimum Gasteiger partial charge on any atom is -0.486 e. The van der Waals surface area contributed by atoms with E-state index in [1.165, 1.54) is 17.3 Å². The van der Waals surface area contributed by atoms with Crippen molar-refractivity contribution >= 4 is 23.4 Å². The topological polar surface area (TPSA) is 79.9 Å². The Morgan fingerprint density at radius 3 is 2.77 bits per heavy atom. The first-order chi connectivity index (χ1) is 12.6. The van der Waals surface area contributed by atoms with E-state index in [2.05, 4.69) is 20.5 Å². The molecule has 0 atom stereocenters. The normalized spacial score (nSPS) is 10.5. The Labute approximate surface area is 156 Å². The van der Waals surface area contributed by atoms with Gasteiger partial charge in [-0.1, -0.05) is 47.7 Å². The van der Waals surface area contributed by atoms with Crippen LogP contribution in [0.15, 0.2) is 53.7 Å². The summed E-state index contributed by atoms with van der Waals surface area (Å²) in [6.45, 7) is 4.30. The van der Waals surface area contributed by atoms with Crippen LogP contribution in [0.2, 0.25) is 0 Å². The number of hydrogen-bond acceptors (Lipinski definition) is 5. The van der Waals surface area contributed by atoms with Gasteiger partial charge < -0.3 is 10.1 Å². The van der Waals surface area contributed by atoms with E-state index in [4.69, 9.17) is 4.74 Å². The molecule has 1 aromatic heterocycles. The van der Waals surface area contributed by atoms with E-state index >= 15 is 0 Å². The van der Waals surface area contributed by atoms with Gasteiger partial charge in [0.1, 0.15) is 12.4 Å². The number of para-hydroxylation sites is 1. The Kier molecular flexibility index (Phi) is 5.91. The molecule has 7 heteroatoms. The van der Waals surface area contributed by atoms with E-state index in [0.29, 0.717) is 17.6 Å². The molecule has 0 fully saturated rings. The van der Waals surface area contributed by atoms with Crippen LogP contribution in [0.25, 0.3) is 0 Å². The molecule has 1 amide bonds. The van der Waals surface area contributed by atoms with Crippen LogP contribution in [-0.2, 0) is 11.4 Å². The number of ether oxygens (including phenoxy) is 1. The smallest absolute Gasteiger partial charge is 0.234 e. The minimum atomic E-state index is -0.0890. The number of anilines is 1. The molecule has 2 aromatic carbocycles. The van der Waals surface area contributed by atoms with Gasteiger partial charge in [0.25, 0.3) is 0 Å². The monoisotopic (exact) mass is 368 g/mol. The zero-order chi connectivity index (χ0) is 18.4. The van der Waals surface area contributed by atoms with Crippen molar-refractivity contribution < 1.29 is 9.53 Å². The van der Waals surface area contributed by atoms with Gasteiger partial charge in [-0.2, -0.15) is 0 Å². The molecule has 26 heavy (non-hydrogen) atoms. The van der Waals surface area contributed by atoms with Gasteiger partial charge in [-0.3, -0.25) is 9.89 Å². The number of aromatic amines is 1. The van der Waals surface area contributed by atoms with Gasteiger partial charge in [0.15, 0.2) is 5.82 Å². The number of rotatable bonds is 7. The molecule has 0 spiro atoms. The highest BCUT2D eigenvalue weighted by atomic mass is 32.2. The molecular formula is C19H20N4O2S. The van der Waals surface area contributed by atoms with Gasteiger partial charge >= 0.3 is 0 Å². The van der Waals surface area contributed by atoms with Gasteiger partial charge in [-0.05, 0) is 37.6 Å². The van der Waals surface area contributed by atoms with Crippen molar-refractivity contribution in [2.45, 2.75) is 25.6 Å². The zero-order valence-corrected chi connectivity index (χ0v) is 15.5. The molecule has 0 aliphatic carbocycles. The SMILES string of the molecule is Cc1ccc(NC(=O)CSc2n[nH]c(COc3ccccc3)n2)c(C)c1. The Bertz CT molecular complexity index is 880. The number of nitrogens with one attached hydrogen (secondary N) is 2. The van der Waals surface area contributed by atoms with Gasteiger partial charge in [0.2, 0.25) is 11.1 Å². The minimum absolute atomic E-state index is 0.0890. The number of amides is 1. The third-order valence-electron chi connectivity index (χ3n) is 3.62. The average Bonchev–Trinajstić information content (AvgIpc) is 3.09. The first-order valence-electron chi connectivity index (χ1n) is 8.19. The molecular weight excluding hydrogens is 348 g/mol. The van der Waals surface area contributed by atoms with Crippen LogP contribution in [0.5, 0.6) is 5.75 Å². The highest BCUT2D eigenvalue weighted by Gasteiger charge is 2.09. The Morgan fingerprint density at radius 1 is 1.19 bits per heavy atom. The number of H-pyrrole nitrogens is 1. The first-order valence-corrected chi connectivity index (χ1v) is 9.18. The summed E-state index contributed by atoms with van der Waals surface area (Å²) in [5.41, 5.74) is 3.04. The van der Waals surface area contributed by atoms with Crippen LogP contribution in [0.1, 0.15) is 17.0 Å². The first kappa shape index (κ1) is 18.0. The zero-order valence-electron chi connectivity index (χ0n) is 14.7. The maximum Gasteiger partial charge on any atom is 0.234 e. The van der Waals surface area contributed by atoms with Gasteiger partial charge in [-0.15, -0.1) is 5.10 Å². The average molecular weight is 368 g/mol. The number of carbonyl (C=O) groups excluding carboxylic acids is 1. The molecule has 0 saturated heterocycles. The van der Waals surface area contributed by atoms with Crippen LogP contribution in [-0.4, -0.2) is 26.8 Å². The summed E-state index contributed by atoms with van der Waals surface area (Å²) in [4.78, 5) is 16.4. The number of aromatic nitrogens is 3. The fourth-order valence-electron chi connectivity index (χ4n) is 2.35. The van der Waals surface area contributed by atoms with Crippen molar-refractivity contribution in [3.05, 3.63) is 65.5 Å². The summed E-state index contributed by atoms with van der Waals surface area (Å²) < 4.78 is 5.61. The molecule has 6 nitrogen and oxygen atoms in total. The lowest BCUT2D eigenvalue weighted by Gasteiger charge is -2.08. The van der Waals surface area contributed by atoms with Crippen molar-refractivity contribution in [2.24, 2.45) is 0 Å². The van der Waals surface area contributed by atoms with Crippen LogP contribution in [0.4, 0.5) is 5.69 Å². The van der Waals surface area contributed by atoms with Gasteiger partial charge in [-0.25, -0.2) is 4.98 Å². The molecule has 0 radical (unpaired) electrons. The lowest BCUT2D eigenvalue weighted by atomic mass is 10.1. The Morgan fingerprint density at radius 2 is 2.00 bits per heavy atom. The van der Waals surface area contributed by atoms with Gasteiger partial charge in [0.05, 0.1) is 5.75 Å². The molecule has 0 unspecified atom stereocenters. The molecule has 0 aliphatic heterocycles. The lowest BCUT2D eigenvalue weighted by molar-refractivity contribution is -0.113. The quantitative estimate of drug-likeness (QED) is 0.621. The van der Waals surface area contributed by atoms with E-state index < -0.39 is 0 Å². The summed E-state index contributed by atoms with van der Waals surface area (Å²) in [6, 6.07) is 15.4. The fraction of sp³-hybridized carbons (Fsp3) is 0.211. The highest BCUT2D eigenvalue weighted by molar-refractivity contribution is 7.99. The van der Waals surface area contributed by atoms with Crippen molar-refractivity contribution in [1.29, 1.82) is 0 Å². The largest absolute Gasteiger partial charge is 0.486 e. The molecule has 0 bridgehead atoms. The van der Waals surface area contributed by atoms with E-state index in [1.54, 1.807) is 0 Å². The maximum absolute atomic E-state index is 12.1. The third kappa shape index (κ3) is 5.10. The van der Waals surface area contributed by atoms with Crippen molar-refractivity contribution in [3.8, 4) is 5.75 Å². The number of nitrogens with zero attached hydrogens (tertiary/aromatic N) is 2. The summed E-state index contributed by atoms with van der Waals surface area (Å²) >= 11 is 1.28. The van der Waals surface area contributed by atoms with Crippen LogP contribution in [0, 0.1) is 13.8 Å². The van der Waals surface area contributed by atoms with Gasteiger partial charge in [0, 0.05) is 5.69 Å². The molecule has 0 aliphatic rings. The van der Waals surface area contributed by atoms with Crippen molar-refractivity contribution in [2.75, 3.05) is 11.1 Å². The number of aryl methyl sites for hydroxylation is 2. The van der Waals surface area contributed by atoms with Crippen LogP contribution >= 0.6 is 11.8 Å². The van der Waals surface area contributed by atoms with E-state index in [0.717, 1.165) is 17.0 Å². The van der Waals surface area contributed by atoms with Crippen molar-refractivity contribution in [3.63, 3.8) is 0 Å². The fourth-order valence-corrected chi connectivity index (χ4v) is 2.96. The predicted molar refractivity (Wildman–Crippen MR) is 102 cm³/mol. The molecule has 0 saturated carbocycles. The van der Waals surface area contributed by atoms with Crippen molar-refractivity contribution in [1.82, 2.24) is 15.2 Å². The van der Waals surface area contributed by atoms with Crippen LogP contribution < -0.4 is 10.1 Å². The second-order valence-corrected chi connectivity index (χ2v) is 6.76. The standard InChI is InChI=1S/C19H20N4O2S/c1-13-8-9-16(14(2)10-13)20-18(24)12-26-19-21-17(22-23-19)11-25-15-6-4-3-5-7-15/h3-10H,11-12H2,1-2H3,(H,20,24)(H,21,22,23). The Hall–Kier alpha value is -2.80. The summed E-state index contributed by atoms with van der Waals surface area (Å²) in [5, 5.41) is 10.4. The summed E-state index contributed by atoms with van der Waals surface area (Å²) in [5.74, 6) is 1.54. The summed E-state index contributed by atoms with van der Waals surface area (Å²) in [6.07, 6.45) is 0. The summed E-state index contributed by atoms with van der Waals surface area (Å²) in [7, 11) is 0. The van der Waals surface area contributed by atoms with E-state index in [-0.39, 0.29) is 11.7 Å². The number of benzene rings is 2. The molecule has 3 aromatic rings. The van der Waals surface area contributed by atoms with E-state index in [9.17, 15) is 4.79 Å². The number of carbonyl (C=O) groups is 1. The lowest BCUT2D eigenvalue weighted by Crippen LogP contribution is -2.15. The number of hydrogen-bond donors (Lipinski definition) is 2.